The van der Waals surface area contributed by atoms with Crippen LogP contribution in [-0.4, -0.2) is 35.0 Å². The number of amides is 1. The monoisotopic (exact) mass is 267 g/mol. The van der Waals surface area contributed by atoms with E-state index in [0.29, 0.717) is 18.8 Å². The SMILES string of the molecule is CC(C1CCCCC1)N(C)C(=O)C1CC(C(=O)O)C1. The van der Waals surface area contributed by atoms with E-state index in [1.165, 1.54) is 32.1 Å². The van der Waals surface area contributed by atoms with Crippen LogP contribution in [0.4, 0.5) is 0 Å². The molecule has 2 aliphatic carbocycles. The Labute approximate surface area is 115 Å². The summed E-state index contributed by atoms with van der Waals surface area (Å²) in [6.07, 6.45) is 7.38. The molecule has 1 amide bonds. The van der Waals surface area contributed by atoms with Crippen LogP contribution in [0.3, 0.4) is 0 Å². The molecule has 0 saturated heterocycles. The summed E-state index contributed by atoms with van der Waals surface area (Å²) in [5, 5.41) is 8.86. The van der Waals surface area contributed by atoms with E-state index >= 15 is 0 Å². The highest BCUT2D eigenvalue weighted by Gasteiger charge is 2.41. The van der Waals surface area contributed by atoms with Gasteiger partial charge in [-0.25, -0.2) is 0 Å². The molecule has 0 heterocycles. The van der Waals surface area contributed by atoms with Crippen LogP contribution in [0, 0.1) is 17.8 Å². The van der Waals surface area contributed by atoms with Gasteiger partial charge in [-0.3, -0.25) is 9.59 Å². The van der Waals surface area contributed by atoms with Gasteiger partial charge in [0.15, 0.2) is 0 Å². The molecule has 4 heteroatoms. The van der Waals surface area contributed by atoms with Crippen LogP contribution in [-0.2, 0) is 9.59 Å². The Kier molecular flexibility index (Phi) is 4.48. The Morgan fingerprint density at radius 2 is 1.68 bits per heavy atom. The Hall–Kier alpha value is -1.06. The van der Waals surface area contributed by atoms with Crippen LogP contribution < -0.4 is 0 Å². The summed E-state index contributed by atoms with van der Waals surface area (Å²) in [5.41, 5.74) is 0. The summed E-state index contributed by atoms with van der Waals surface area (Å²) in [6.45, 7) is 2.14. The lowest BCUT2D eigenvalue weighted by atomic mass is 9.74. The van der Waals surface area contributed by atoms with Crippen LogP contribution in [0.5, 0.6) is 0 Å². The highest BCUT2D eigenvalue weighted by molar-refractivity contribution is 5.83. The lowest BCUT2D eigenvalue weighted by Gasteiger charge is -2.39. The summed E-state index contributed by atoms with van der Waals surface area (Å²) in [6, 6.07) is 0.289. The quantitative estimate of drug-likeness (QED) is 0.851. The third-order valence-corrected chi connectivity index (χ3v) is 5.13. The molecule has 108 valence electrons. The van der Waals surface area contributed by atoms with Gasteiger partial charge in [-0.1, -0.05) is 19.3 Å². The fourth-order valence-corrected chi connectivity index (χ4v) is 3.44. The van der Waals surface area contributed by atoms with Crippen LogP contribution in [0.1, 0.15) is 51.9 Å². The maximum absolute atomic E-state index is 12.3. The first-order valence-electron chi connectivity index (χ1n) is 7.50. The molecule has 2 rings (SSSR count). The van der Waals surface area contributed by atoms with Crippen molar-refractivity contribution in [3.8, 4) is 0 Å². The molecule has 0 aromatic carbocycles. The first-order chi connectivity index (χ1) is 9.00. The van der Waals surface area contributed by atoms with E-state index in [1.54, 1.807) is 0 Å². The molecular weight excluding hydrogens is 242 g/mol. The van der Waals surface area contributed by atoms with Crippen LogP contribution >= 0.6 is 0 Å². The van der Waals surface area contributed by atoms with Crippen molar-refractivity contribution in [1.29, 1.82) is 0 Å². The van der Waals surface area contributed by atoms with Gasteiger partial charge in [0.25, 0.3) is 0 Å². The predicted octanol–water partition coefficient (Wildman–Crippen LogP) is 2.52. The molecule has 0 aromatic heterocycles. The molecule has 0 aliphatic heterocycles. The van der Waals surface area contributed by atoms with Crippen LogP contribution in [0.2, 0.25) is 0 Å². The van der Waals surface area contributed by atoms with Crippen LogP contribution in [0.25, 0.3) is 0 Å². The number of carboxylic acids is 1. The molecule has 1 unspecified atom stereocenters. The number of aliphatic carboxylic acids is 1. The van der Waals surface area contributed by atoms with Crippen molar-refractivity contribution in [3.63, 3.8) is 0 Å². The predicted molar refractivity (Wildman–Crippen MR) is 72.7 cm³/mol. The van der Waals surface area contributed by atoms with Gasteiger partial charge < -0.3 is 10.0 Å². The molecule has 1 N–H and O–H groups in total. The van der Waals surface area contributed by atoms with E-state index in [-0.39, 0.29) is 23.8 Å². The van der Waals surface area contributed by atoms with Crippen molar-refractivity contribution in [3.05, 3.63) is 0 Å². The van der Waals surface area contributed by atoms with Gasteiger partial charge in [0.05, 0.1) is 5.92 Å². The maximum Gasteiger partial charge on any atom is 0.306 e. The second kappa shape index (κ2) is 5.93. The minimum absolute atomic E-state index is 0.0582. The summed E-state index contributed by atoms with van der Waals surface area (Å²) < 4.78 is 0. The first kappa shape index (κ1) is 14.4. The van der Waals surface area contributed by atoms with Gasteiger partial charge in [0, 0.05) is 19.0 Å². The van der Waals surface area contributed by atoms with Crippen molar-refractivity contribution < 1.29 is 14.7 Å². The number of carbonyl (C=O) groups is 2. The van der Waals surface area contributed by atoms with E-state index in [9.17, 15) is 9.59 Å². The lowest BCUT2D eigenvalue weighted by Crippen LogP contribution is -2.47. The molecule has 2 saturated carbocycles. The molecule has 19 heavy (non-hydrogen) atoms. The average molecular weight is 267 g/mol. The Morgan fingerprint density at radius 1 is 1.11 bits per heavy atom. The lowest BCUT2D eigenvalue weighted by molar-refractivity contribution is -0.152. The smallest absolute Gasteiger partial charge is 0.306 e. The topological polar surface area (TPSA) is 57.6 Å². The minimum atomic E-state index is -0.757. The Morgan fingerprint density at radius 3 is 2.21 bits per heavy atom. The van der Waals surface area contributed by atoms with E-state index in [0.717, 1.165) is 0 Å². The Balaban J connectivity index is 1.83. The third-order valence-electron chi connectivity index (χ3n) is 5.13. The number of hydrogen-bond acceptors (Lipinski definition) is 2. The fourth-order valence-electron chi connectivity index (χ4n) is 3.44. The number of hydrogen-bond donors (Lipinski definition) is 1. The van der Waals surface area contributed by atoms with Gasteiger partial charge in [-0.05, 0) is 38.5 Å². The van der Waals surface area contributed by atoms with Crippen molar-refractivity contribution >= 4 is 11.9 Å². The second-order valence-electron chi connectivity index (χ2n) is 6.29. The number of carbonyl (C=O) groups excluding carboxylic acids is 1. The van der Waals surface area contributed by atoms with Gasteiger partial charge in [0.1, 0.15) is 0 Å². The van der Waals surface area contributed by atoms with Crippen molar-refractivity contribution in [2.24, 2.45) is 17.8 Å². The maximum atomic E-state index is 12.3. The molecule has 0 bridgehead atoms. The fraction of sp³-hybridized carbons (Fsp3) is 0.867. The van der Waals surface area contributed by atoms with Crippen molar-refractivity contribution in [2.45, 2.75) is 57.9 Å². The number of rotatable bonds is 4. The molecule has 0 spiro atoms. The summed E-state index contributed by atoms with van der Waals surface area (Å²) in [7, 11) is 1.88. The minimum Gasteiger partial charge on any atom is -0.481 e. The number of carboxylic acid groups (broad SMARTS) is 1. The molecule has 4 nitrogen and oxygen atoms in total. The molecule has 2 fully saturated rings. The third kappa shape index (κ3) is 3.10. The van der Waals surface area contributed by atoms with Gasteiger partial charge in [0.2, 0.25) is 5.91 Å². The van der Waals surface area contributed by atoms with E-state index in [1.807, 2.05) is 11.9 Å². The highest BCUT2D eigenvalue weighted by Crippen LogP contribution is 2.36. The van der Waals surface area contributed by atoms with Gasteiger partial charge in [-0.2, -0.15) is 0 Å². The molecule has 0 aromatic rings. The highest BCUT2D eigenvalue weighted by atomic mass is 16.4. The Bertz CT molecular complexity index is 343. The van der Waals surface area contributed by atoms with Gasteiger partial charge in [-0.15, -0.1) is 0 Å². The molecule has 2 aliphatic rings. The summed E-state index contributed by atoms with van der Waals surface area (Å²) >= 11 is 0. The normalized spacial score (nSPS) is 29.4. The zero-order chi connectivity index (χ0) is 14.0. The first-order valence-corrected chi connectivity index (χ1v) is 7.50. The van der Waals surface area contributed by atoms with E-state index < -0.39 is 5.97 Å². The zero-order valence-corrected chi connectivity index (χ0v) is 12.0. The molecule has 0 radical (unpaired) electrons. The zero-order valence-electron chi connectivity index (χ0n) is 12.0. The molecule has 1 atom stereocenters. The summed E-state index contributed by atoms with van der Waals surface area (Å²) in [4.78, 5) is 25.0. The largest absolute Gasteiger partial charge is 0.481 e. The van der Waals surface area contributed by atoms with Gasteiger partial charge >= 0.3 is 5.97 Å². The standard InChI is InChI=1S/C15H25NO3/c1-10(11-6-4-3-5-7-11)16(2)14(17)12-8-13(9-12)15(18)19/h10-13H,3-9H2,1-2H3,(H,18,19). The van der Waals surface area contributed by atoms with Crippen LogP contribution in [0.15, 0.2) is 0 Å². The van der Waals surface area contributed by atoms with E-state index in [2.05, 4.69) is 6.92 Å². The van der Waals surface area contributed by atoms with Crippen molar-refractivity contribution in [2.75, 3.05) is 7.05 Å². The van der Waals surface area contributed by atoms with Crippen molar-refractivity contribution in [1.82, 2.24) is 4.90 Å². The molecular formula is C15H25NO3. The number of nitrogens with zero attached hydrogens (tertiary/aromatic N) is 1. The second-order valence-corrected chi connectivity index (χ2v) is 6.29. The van der Waals surface area contributed by atoms with E-state index in [4.69, 9.17) is 5.11 Å². The average Bonchev–Trinajstić information content (AvgIpc) is 2.35. The summed E-state index contributed by atoms with van der Waals surface area (Å²) in [5.74, 6) is -0.342.